The fraction of sp³-hybridized carbons (Fsp3) is 0.0714. The average Bonchev–Trinajstić information content (AvgIpc) is 2.43. The van der Waals surface area contributed by atoms with Crippen LogP contribution in [-0.2, 0) is 6.54 Å². The Kier molecular flexibility index (Phi) is 4.52. The summed E-state index contributed by atoms with van der Waals surface area (Å²) < 4.78 is 40.5. The van der Waals surface area contributed by atoms with E-state index in [1.165, 1.54) is 18.2 Å². The van der Waals surface area contributed by atoms with Gasteiger partial charge in [0, 0.05) is 11.0 Å². The maximum Gasteiger partial charge on any atom is 0.254 e. The number of nitrogens with two attached hydrogens (primary N) is 1. The minimum absolute atomic E-state index is 0.0486. The first-order chi connectivity index (χ1) is 9.88. The zero-order valence-corrected chi connectivity index (χ0v) is 12.2. The largest absolute Gasteiger partial charge is 0.396 e. The second-order valence-corrected chi connectivity index (χ2v) is 5.13. The van der Waals surface area contributed by atoms with Crippen molar-refractivity contribution in [2.45, 2.75) is 6.54 Å². The van der Waals surface area contributed by atoms with Crippen LogP contribution >= 0.6 is 15.9 Å². The monoisotopic (exact) mass is 358 g/mol. The number of hydrogen-bond acceptors (Lipinski definition) is 2. The Morgan fingerprint density at radius 1 is 1.14 bits per heavy atom. The van der Waals surface area contributed by atoms with Crippen LogP contribution in [0.3, 0.4) is 0 Å². The molecule has 3 N–H and O–H groups in total. The molecule has 2 aromatic rings. The molecule has 0 unspecified atom stereocenters. The van der Waals surface area contributed by atoms with Crippen molar-refractivity contribution >= 4 is 27.5 Å². The number of amides is 1. The summed E-state index contributed by atoms with van der Waals surface area (Å²) in [5.74, 6) is -3.11. The molecule has 0 aliphatic heterocycles. The summed E-state index contributed by atoms with van der Waals surface area (Å²) in [6.45, 7) is -0.0486. The SMILES string of the molecule is Nc1cc(F)cc(C(=O)NCc2cc(F)ccc2Br)c1F. The predicted molar refractivity (Wildman–Crippen MR) is 76.0 cm³/mol. The highest BCUT2D eigenvalue weighted by molar-refractivity contribution is 9.10. The highest BCUT2D eigenvalue weighted by Gasteiger charge is 2.16. The van der Waals surface area contributed by atoms with E-state index in [9.17, 15) is 18.0 Å². The molecular weight excluding hydrogens is 349 g/mol. The molecule has 0 saturated heterocycles. The lowest BCUT2D eigenvalue weighted by Crippen LogP contribution is -2.24. The third kappa shape index (κ3) is 3.55. The van der Waals surface area contributed by atoms with Crippen molar-refractivity contribution in [3.05, 3.63) is 63.4 Å². The normalized spacial score (nSPS) is 10.5. The van der Waals surface area contributed by atoms with Crippen molar-refractivity contribution in [1.29, 1.82) is 0 Å². The lowest BCUT2D eigenvalue weighted by Gasteiger charge is -2.09. The van der Waals surface area contributed by atoms with Gasteiger partial charge in [0.25, 0.3) is 5.91 Å². The van der Waals surface area contributed by atoms with Crippen LogP contribution in [0.25, 0.3) is 0 Å². The van der Waals surface area contributed by atoms with Gasteiger partial charge in [-0.15, -0.1) is 0 Å². The molecule has 0 aliphatic carbocycles. The number of halogens is 4. The Bertz CT molecular complexity index is 707. The maximum atomic E-state index is 13.7. The number of carbonyl (C=O) groups is 1. The third-order valence-corrected chi connectivity index (χ3v) is 3.53. The van der Waals surface area contributed by atoms with E-state index in [1.54, 1.807) is 0 Å². The summed E-state index contributed by atoms with van der Waals surface area (Å²) in [4.78, 5) is 11.9. The van der Waals surface area contributed by atoms with Gasteiger partial charge in [-0.1, -0.05) is 15.9 Å². The Morgan fingerprint density at radius 2 is 1.86 bits per heavy atom. The van der Waals surface area contributed by atoms with Gasteiger partial charge < -0.3 is 11.1 Å². The molecular formula is C14H10BrF3N2O. The third-order valence-electron chi connectivity index (χ3n) is 2.76. The van der Waals surface area contributed by atoms with Gasteiger partial charge in [0.2, 0.25) is 0 Å². The molecule has 3 nitrogen and oxygen atoms in total. The first kappa shape index (κ1) is 15.4. The second-order valence-electron chi connectivity index (χ2n) is 4.27. The van der Waals surface area contributed by atoms with Crippen LogP contribution in [0.2, 0.25) is 0 Å². The van der Waals surface area contributed by atoms with Gasteiger partial charge in [-0.25, -0.2) is 13.2 Å². The Balaban J connectivity index is 2.17. The van der Waals surface area contributed by atoms with Crippen LogP contribution < -0.4 is 11.1 Å². The van der Waals surface area contributed by atoms with E-state index in [0.29, 0.717) is 10.0 Å². The first-order valence-corrected chi connectivity index (χ1v) is 6.64. The molecule has 0 spiro atoms. The standard InChI is InChI=1S/C14H10BrF3N2O/c15-11-2-1-8(16)3-7(11)6-20-14(21)10-4-9(17)5-12(19)13(10)18/h1-5H,6,19H2,(H,20,21). The van der Waals surface area contributed by atoms with Crippen LogP contribution in [0.4, 0.5) is 18.9 Å². The summed E-state index contributed by atoms with van der Waals surface area (Å²) in [6, 6.07) is 5.50. The summed E-state index contributed by atoms with van der Waals surface area (Å²) in [7, 11) is 0. The highest BCUT2D eigenvalue weighted by Crippen LogP contribution is 2.19. The molecule has 0 radical (unpaired) electrons. The summed E-state index contributed by atoms with van der Waals surface area (Å²) in [5.41, 5.74) is 4.77. The van der Waals surface area contributed by atoms with Crippen molar-refractivity contribution in [3.63, 3.8) is 0 Å². The van der Waals surface area contributed by atoms with Gasteiger partial charge >= 0.3 is 0 Å². The van der Waals surface area contributed by atoms with Crippen molar-refractivity contribution in [1.82, 2.24) is 5.32 Å². The van der Waals surface area contributed by atoms with Gasteiger partial charge in [-0.05, 0) is 35.9 Å². The van der Waals surface area contributed by atoms with Gasteiger partial charge in [0.1, 0.15) is 11.6 Å². The Hall–Kier alpha value is -2.02. The number of carbonyl (C=O) groups excluding carboxylic acids is 1. The van der Waals surface area contributed by atoms with Crippen molar-refractivity contribution < 1.29 is 18.0 Å². The molecule has 1 amide bonds. The highest BCUT2D eigenvalue weighted by atomic mass is 79.9. The number of hydrogen-bond donors (Lipinski definition) is 2. The molecule has 0 aliphatic rings. The molecule has 2 aromatic carbocycles. The molecule has 2 rings (SSSR count). The van der Waals surface area contributed by atoms with E-state index in [4.69, 9.17) is 5.73 Å². The molecule has 0 atom stereocenters. The molecule has 0 aromatic heterocycles. The number of rotatable bonds is 3. The molecule has 0 heterocycles. The van der Waals surface area contributed by atoms with Crippen LogP contribution in [0.15, 0.2) is 34.8 Å². The fourth-order valence-electron chi connectivity index (χ4n) is 1.73. The van der Waals surface area contributed by atoms with Crippen LogP contribution in [0.1, 0.15) is 15.9 Å². The van der Waals surface area contributed by atoms with E-state index in [2.05, 4.69) is 21.2 Å². The van der Waals surface area contributed by atoms with E-state index in [1.807, 2.05) is 0 Å². The molecule has 7 heteroatoms. The Morgan fingerprint density at radius 3 is 2.57 bits per heavy atom. The predicted octanol–water partition coefficient (Wildman–Crippen LogP) is 3.38. The molecule has 0 saturated carbocycles. The molecule has 110 valence electrons. The summed E-state index contributed by atoms with van der Waals surface area (Å²) in [5, 5.41) is 2.38. The number of anilines is 1. The number of nitrogen functional groups attached to an aromatic ring is 1. The van der Waals surface area contributed by atoms with Crippen LogP contribution in [0, 0.1) is 17.5 Å². The summed E-state index contributed by atoms with van der Waals surface area (Å²) in [6.07, 6.45) is 0. The van der Waals surface area contributed by atoms with Gasteiger partial charge in [0.15, 0.2) is 5.82 Å². The quantitative estimate of drug-likeness (QED) is 0.826. The lowest BCUT2D eigenvalue weighted by molar-refractivity contribution is 0.0946. The van der Waals surface area contributed by atoms with Crippen LogP contribution in [0.5, 0.6) is 0 Å². The van der Waals surface area contributed by atoms with E-state index < -0.39 is 34.6 Å². The molecule has 0 fully saturated rings. The van der Waals surface area contributed by atoms with Crippen molar-refractivity contribution in [2.75, 3.05) is 5.73 Å². The second kappa shape index (κ2) is 6.17. The topological polar surface area (TPSA) is 55.1 Å². The smallest absolute Gasteiger partial charge is 0.254 e. The minimum Gasteiger partial charge on any atom is -0.396 e. The van der Waals surface area contributed by atoms with E-state index >= 15 is 0 Å². The zero-order valence-electron chi connectivity index (χ0n) is 10.6. The van der Waals surface area contributed by atoms with E-state index in [-0.39, 0.29) is 6.54 Å². The number of benzene rings is 2. The minimum atomic E-state index is -0.993. The lowest BCUT2D eigenvalue weighted by atomic mass is 10.1. The van der Waals surface area contributed by atoms with Gasteiger partial charge in [-0.3, -0.25) is 4.79 Å². The van der Waals surface area contributed by atoms with Crippen molar-refractivity contribution in [2.24, 2.45) is 0 Å². The van der Waals surface area contributed by atoms with Gasteiger partial charge in [0.05, 0.1) is 11.3 Å². The first-order valence-electron chi connectivity index (χ1n) is 5.85. The van der Waals surface area contributed by atoms with Gasteiger partial charge in [-0.2, -0.15) is 0 Å². The number of nitrogens with one attached hydrogen (secondary N) is 1. The van der Waals surface area contributed by atoms with E-state index in [0.717, 1.165) is 12.1 Å². The molecule has 21 heavy (non-hydrogen) atoms. The fourth-order valence-corrected chi connectivity index (χ4v) is 2.11. The average molecular weight is 359 g/mol. The Labute approximate surface area is 127 Å². The van der Waals surface area contributed by atoms with Crippen LogP contribution in [-0.4, -0.2) is 5.91 Å². The zero-order chi connectivity index (χ0) is 15.6. The summed E-state index contributed by atoms with van der Waals surface area (Å²) >= 11 is 3.20. The maximum absolute atomic E-state index is 13.7. The molecule has 0 bridgehead atoms. The van der Waals surface area contributed by atoms with Crippen molar-refractivity contribution in [3.8, 4) is 0 Å².